The molecule has 2 aromatic carbocycles. The van der Waals surface area contributed by atoms with Crippen LogP contribution in [0.25, 0.3) is 28.1 Å². The molecular formula is C22H24ClN5O2. The van der Waals surface area contributed by atoms with Crippen LogP contribution in [-0.2, 0) is 11.3 Å². The van der Waals surface area contributed by atoms with Crippen molar-refractivity contribution in [1.29, 1.82) is 0 Å². The van der Waals surface area contributed by atoms with E-state index < -0.39 is 0 Å². The Morgan fingerprint density at radius 2 is 1.93 bits per heavy atom. The van der Waals surface area contributed by atoms with E-state index >= 15 is 0 Å². The molecule has 0 bridgehead atoms. The monoisotopic (exact) mass is 425 g/mol. The van der Waals surface area contributed by atoms with Crippen molar-refractivity contribution in [3.63, 3.8) is 0 Å². The highest BCUT2D eigenvalue weighted by Crippen LogP contribution is 2.33. The van der Waals surface area contributed by atoms with Crippen LogP contribution in [0.3, 0.4) is 0 Å². The predicted molar refractivity (Wildman–Crippen MR) is 118 cm³/mol. The quantitative estimate of drug-likeness (QED) is 0.428. The minimum atomic E-state index is -0.380. The van der Waals surface area contributed by atoms with Crippen molar-refractivity contribution in [3.05, 3.63) is 52.7 Å². The van der Waals surface area contributed by atoms with Gasteiger partial charge < -0.3 is 14.4 Å². The highest BCUT2D eigenvalue weighted by atomic mass is 35.5. The average molecular weight is 426 g/mol. The van der Waals surface area contributed by atoms with Gasteiger partial charge in [0.1, 0.15) is 5.75 Å². The van der Waals surface area contributed by atoms with Crippen LogP contribution in [0.1, 0.15) is 18.2 Å². The van der Waals surface area contributed by atoms with E-state index in [2.05, 4.69) is 27.2 Å². The van der Waals surface area contributed by atoms with E-state index in [4.69, 9.17) is 26.1 Å². The molecule has 2 aromatic heterocycles. The third-order valence-corrected chi connectivity index (χ3v) is 5.20. The molecule has 0 amide bonds. The third kappa shape index (κ3) is 3.84. The van der Waals surface area contributed by atoms with Crippen LogP contribution in [0.15, 0.2) is 36.4 Å². The second kappa shape index (κ2) is 8.18. The number of aromatic nitrogens is 4. The highest BCUT2D eigenvalue weighted by molar-refractivity contribution is 6.33. The van der Waals surface area contributed by atoms with Crippen LogP contribution < -0.4 is 4.74 Å². The number of methoxy groups -OCH3 is 1. The lowest BCUT2D eigenvalue weighted by Gasteiger charge is -2.14. The van der Waals surface area contributed by atoms with Gasteiger partial charge >= 0.3 is 0 Å². The SMILES string of the molecule is COC(C)Oc1ccc(Cl)c(-c2nnc3c(C)nc4ccc(CN(C)C)cc4n23)c1. The standard InChI is InChI=1S/C22H24ClN5O2/c1-13-21-25-26-22(17-11-16(7-8-18(17)23)30-14(2)29-5)28(21)20-10-15(12-27(3)4)6-9-19(20)24-13/h6-11,14H,12H2,1-5H3. The zero-order valence-corrected chi connectivity index (χ0v) is 18.4. The van der Waals surface area contributed by atoms with E-state index in [1.807, 2.05) is 50.5 Å². The molecule has 1 atom stereocenters. The molecule has 0 aliphatic carbocycles. The van der Waals surface area contributed by atoms with Crippen LogP contribution in [0.2, 0.25) is 5.02 Å². The summed E-state index contributed by atoms with van der Waals surface area (Å²) in [5.74, 6) is 1.28. The summed E-state index contributed by atoms with van der Waals surface area (Å²) in [5.41, 5.74) is 5.22. The van der Waals surface area contributed by atoms with Crippen molar-refractivity contribution in [2.45, 2.75) is 26.7 Å². The van der Waals surface area contributed by atoms with Gasteiger partial charge in [0.2, 0.25) is 0 Å². The molecule has 7 nitrogen and oxygen atoms in total. The molecule has 0 spiro atoms. The van der Waals surface area contributed by atoms with Crippen molar-refractivity contribution in [2.75, 3.05) is 21.2 Å². The first-order valence-corrected chi connectivity index (χ1v) is 10.0. The van der Waals surface area contributed by atoms with E-state index in [1.165, 1.54) is 5.56 Å². The third-order valence-electron chi connectivity index (χ3n) is 4.87. The minimum absolute atomic E-state index is 0.380. The number of ether oxygens (including phenoxy) is 2. The lowest BCUT2D eigenvalue weighted by atomic mass is 10.1. The summed E-state index contributed by atoms with van der Waals surface area (Å²) in [7, 11) is 5.69. The Balaban J connectivity index is 1.94. The van der Waals surface area contributed by atoms with Crippen LogP contribution in [0.5, 0.6) is 5.75 Å². The molecule has 0 N–H and O–H groups in total. The highest BCUT2D eigenvalue weighted by Gasteiger charge is 2.18. The van der Waals surface area contributed by atoms with Crippen molar-refractivity contribution in [1.82, 2.24) is 24.5 Å². The van der Waals surface area contributed by atoms with Gasteiger partial charge in [0.25, 0.3) is 0 Å². The van der Waals surface area contributed by atoms with Crippen LogP contribution in [0.4, 0.5) is 0 Å². The summed E-state index contributed by atoms with van der Waals surface area (Å²) in [6, 6.07) is 11.7. The smallest absolute Gasteiger partial charge is 0.196 e. The molecule has 30 heavy (non-hydrogen) atoms. The normalized spacial score (nSPS) is 12.8. The molecule has 1 unspecified atom stereocenters. The second-order valence-corrected chi connectivity index (χ2v) is 7.91. The van der Waals surface area contributed by atoms with E-state index in [-0.39, 0.29) is 6.29 Å². The van der Waals surface area contributed by atoms with Gasteiger partial charge in [0.15, 0.2) is 17.8 Å². The Labute approximate surface area is 180 Å². The summed E-state index contributed by atoms with van der Waals surface area (Å²) < 4.78 is 13.0. The molecule has 156 valence electrons. The maximum atomic E-state index is 6.56. The largest absolute Gasteiger partial charge is 0.465 e. The van der Waals surface area contributed by atoms with Gasteiger partial charge in [-0.1, -0.05) is 17.7 Å². The molecular weight excluding hydrogens is 402 g/mol. The summed E-state index contributed by atoms with van der Waals surface area (Å²) in [6.45, 7) is 4.58. The van der Waals surface area contributed by atoms with Gasteiger partial charge in [-0.05, 0) is 63.8 Å². The fraction of sp³-hybridized carbons (Fsp3) is 0.318. The Kier molecular flexibility index (Phi) is 5.60. The number of rotatable bonds is 6. The van der Waals surface area contributed by atoms with E-state index in [1.54, 1.807) is 13.2 Å². The first-order chi connectivity index (χ1) is 14.4. The zero-order chi connectivity index (χ0) is 21.4. The molecule has 0 saturated carbocycles. The molecule has 0 aliphatic rings. The number of benzene rings is 2. The topological polar surface area (TPSA) is 64.8 Å². The maximum Gasteiger partial charge on any atom is 0.196 e. The van der Waals surface area contributed by atoms with Crippen molar-refractivity contribution < 1.29 is 9.47 Å². The summed E-state index contributed by atoms with van der Waals surface area (Å²) in [6.07, 6.45) is -0.380. The number of fused-ring (bicyclic) bond motifs is 3. The second-order valence-electron chi connectivity index (χ2n) is 7.50. The number of hydrogen-bond acceptors (Lipinski definition) is 6. The van der Waals surface area contributed by atoms with E-state index in [9.17, 15) is 0 Å². The van der Waals surface area contributed by atoms with Gasteiger partial charge in [0.05, 0.1) is 21.7 Å². The van der Waals surface area contributed by atoms with Crippen molar-refractivity contribution >= 4 is 28.3 Å². The fourth-order valence-corrected chi connectivity index (χ4v) is 3.65. The molecule has 0 radical (unpaired) electrons. The Morgan fingerprint density at radius 3 is 2.67 bits per heavy atom. The minimum Gasteiger partial charge on any atom is -0.465 e. The van der Waals surface area contributed by atoms with E-state index in [0.717, 1.165) is 28.8 Å². The molecule has 4 rings (SSSR count). The Bertz CT molecular complexity index is 1220. The van der Waals surface area contributed by atoms with Crippen molar-refractivity contribution in [3.8, 4) is 17.1 Å². The lowest BCUT2D eigenvalue weighted by Crippen LogP contribution is -2.13. The maximum absolute atomic E-state index is 6.56. The summed E-state index contributed by atoms with van der Waals surface area (Å²) in [5, 5.41) is 9.42. The van der Waals surface area contributed by atoms with Gasteiger partial charge in [-0.3, -0.25) is 4.40 Å². The van der Waals surface area contributed by atoms with Crippen LogP contribution >= 0.6 is 11.6 Å². The number of halogens is 1. The zero-order valence-electron chi connectivity index (χ0n) is 17.7. The average Bonchev–Trinajstić information content (AvgIpc) is 3.15. The molecule has 0 fully saturated rings. The molecule has 0 saturated heterocycles. The molecule has 4 aromatic rings. The summed E-state index contributed by atoms with van der Waals surface area (Å²) in [4.78, 5) is 6.84. The first-order valence-electron chi connectivity index (χ1n) is 9.66. The van der Waals surface area contributed by atoms with Crippen LogP contribution in [0, 0.1) is 6.92 Å². The lowest BCUT2D eigenvalue weighted by molar-refractivity contribution is -0.0382. The Hall–Kier alpha value is -2.74. The Morgan fingerprint density at radius 1 is 1.13 bits per heavy atom. The molecule has 2 heterocycles. The number of hydrogen-bond donors (Lipinski definition) is 0. The number of nitrogens with zero attached hydrogens (tertiary/aromatic N) is 5. The van der Waals surface area contributed by atoms with Gasteiger partial charge in [-0.2, -0.15) is 0 Å². The van der Waals surface area contributed by atoms with Gasteiger partial charge in [-0.25, -0.2) is 4.98 Å². The molecule has 8 heteroatoms. The number of aryl methyl sites for hydroxylation is 1. The van der Waals surface area contributed by atoms with Crippen LogP contribution in [-0.4, -0.2) is 52.0 Å². The van der Waals surface area contributed by atoms with Gasteiger partial charge in [-0.15, -0.1) is 10.2 Å². The van der Waals surface area contributed by atoms with Gasteiger partial charge in [0, 0.05) is 19.2 Å². The first kappa shape index (κ1) is 20.5. The van der Waals surface area contributed by atoms with Crippen molar-refractivity contribution in [2.24, 2.45) is 0 Å². The predicted octanol–water partition coefficient (Wildman–Crippen LogP) is 4.34. The molecule has 0 aliphatic heterocycles. The summed E-state index contributed by atoms with van der Waals surface area (Å²) >= 11 is 6.56. The fourth-order valence-electron chi connectivity index (χ4n) is 3.45. The van der Waals surface area contributed by atoms with E-state index in [0.29, 0.717) is 22.2 Å².